The predicted molar refractivity (Wildman–Crippen MR) is 173 cm³/mol. The van der Waals surface area contributed by atoms with Crippen LogP contribution in [0.1, 0.15) is 54.7 Å². The Hall–Kier alpha value is -5.32. The van der Waals surface area contributed by atoms with E-state index in [0.717, 1.165) is 34.0 Å². The van der Waals surface area contributed by atoms with Crippen molar-refractivity contribution in [3.05, 3.63) is 102 Å². The van der Waals surface area contributed by atoms with E-state index < -0.39 is 29.7 Å². The van der Waals surface area contributed by atoms with Gasteiger partial charge in [0, 0.05) is 23.2 Å². The number of methoxy groups -OCH3 is 1. The number of carbonyl (C=O) groups is 2. The molecule has 0 aliphatic rings. The Morgan fingerprint density at radius 2 is 1.62 bits per heavy atom. The van der Waals surface area contributed by atoms with E-state index in [9.17, 15) is 22.8 Å². The number of hydrogen-bond acceptors (Lipinski definition) is 5. The number of rotatable bonds is 11. The lowest BCUT2D eigenvalue weighted by Gasteiger charge is -2.18. The van der Waals surface area contributed by atoms with Crippen molar-refractivity contribution in [2.24, 2.45) is 0 Å². The van der Waals surface area contributed by atoms with Crippen LogP contribution >= 0.6 is 0 Å². The predicted octanol–water partition coefficient (Wildman–Crippen LogP) is 8.00. The third-order valence-electron chi connectivity index (χ3n) is 7.67. The van der Waals surface area contributed by atoms with Crippen LogP contribution in [0.4, 0.5) is 13.2 Å². The highest BCUT2D eigenvalue weighted by Gasteiger charge is 2.32. The monoisotopic (exact) mass is 645 g/mol. The molecular formula is C36H34F3N3O5. The maximum Gasteiger partial charge on any atom is 0.416 e. The van der Waals surface area contributed by atoms with Crippen molar-refractivity contribution in [2.75, 3.05) is 13.7 Å². The molecule has 11 heteroatoms. The molecule has 244 valence electrons. The Labute approximate surface area is 269 Å². The summed E-state index contributed by atoms with van der Waals surface area (Å²) in [6, 6.07) is 23.1. The van der Waals surface area contributed by atoms with Crippen LogP contribution < -0.4 is 14.8 Å². The first-order valence-electron chi connectivity index (χ1n) is 15.0. The van der Waals surface area contributed by atoms with Gasteiger partial charge in [0.05, 0.1) is 42.6 Å². The third kappa shape index (κ3) is 7.57. The molecule has 0 unspecified atom stereocenters. The molecule has 1 amide bonds. The number of carbonyl (C=O) groups excluding carboxylic acids is 1. The molecule has 47 heavy (non-hydrogen) atoms. The Kier molecular flexibility index (Phi) is 9.55. The lowest BCUT2D eigenvalue weighted by atomic mass is 10.0. The van der Waals surface area contributed by atoms with Crippen LogP contribution in [0.2, 0.25) is 0 Å². The van der Waals surface area contributed by atoms with Crippen molar-refractivity contribution in [1.82, 2.24) is 15.1 Å². The smallest absolute Gasteiger partial charge is 0.416 e. The van der Waals surface area contributed by atoms with Gasteiger partial charge in [-0.05, 0) is 91.7 Å². The van der Waals surface area contributed by atoms with Crippen molar-refractivity contribution in [2.45, 2.75) is 45.5 Å². The maximum absolute atomic E-state index is 13.8. The van der Waals surface area contributed by atoms with Gasteiger partial charge >= 0.3 is 12.1 Å². The van der Waals surface area contributed by atoms with Crippen molar-refractivity contribution in [1.29, 1.82) is 0 Å². The molecule has 0 spiro atoms. The highest BCUT2D eigenvalue weighted by Crippen LogP contribution is 2.40. The second-order valence-corrected chi connectivity index (χ2v) is 11.4. The molecule has 5 rings (SSSR count). The molecule has 2 N–H and O–H groups in total. The van der Waals surface area contributed by atoms with Gasteiger partial charge in [-0.1, -0.05) is 30.3 Å². The number of carboxylic acids is 1. The zero-order chi connectivity index (χ0) is 33.9. The molecule has 0 fully saturated rings. The van der Waals surface area contributed by atoms with E-state index in [1.54, 1.807) is 56.0 Å². The summed E-state index contributed by atoms with van der Waals surface area (Å²) in [4.78, 5) is 23.3. The number of carboxylic acid groups (broad SMARTS) is 1. The van der Waals surface area contributed by atoms with Crippen LogP contribution in [0.5, 0.6) is 11.5 Å². The minimum atomic E-state index is -4.56. The molecule has 1 aromatic heterocycles. The Balaban J connectivity index is 1.60. The lowest BCUT2D eigenvalue weighted by molar-refractivity contribution is -0.138. The quantitative estimate of drug-likeness (QED) is 0.151. The minimum absolute atomic E-state index is 0.00232. The fourth-order valence-corrected chi connectivity index (χ4v) is 5.25. The summed E-state index contributed by atoms with van der Waals surface area (Å²) in [7, 11) is 1.60. The lowest BCUT2D eigenvalue weighted by Crippen LogP contribution is -2.26. The first-order valence-corrected chi connectivity index (χ1v) is 15.0. The van der Waals surface area contributed by atoms with Gasteiger partial charge in [0.15, 0.2) is 0 Å². The van der Waals surface area contributed by atoms with Gasteiger partial charge in [-0.25, -0.2) is 0 Å². The van der Waals surface area contributed by atoms with Gasteiger partial charge in [-0.2, -0.15) is 18.3 Å². The topological polar surface area (TPSA) is 103 Å². The van der Waals surface area contributed by atoms with Crippen molar-refractivity contribution < 1.29 is 37.3 Å². The van der Waals surface area contributed by atoms with Crippen molar-refractivity contribution in [3.8, 4) is 34.0 Å². The fourth-order valence-electron chi connectivity index (χ4n) is 5.25. The van der Waals surface area contributed by atoms with Gasteiger partial charge in [0.1, 0.15) is 11.5 Å². The van der Waals surface area contributed by atoms with Gasteiger partial charge in [0.2, 0.25) is 0 Å². The number of alkyl halides is 3. The molecule has 0 bridgehead atoms. The number of nitrogens with zero attached hydrogens (tertiary/aromatic N) is 2. The second-order valence-electron chi connectivity index (χ2n) is 11.4. The number of halogens is 3. The van der Waals surface area contributed by atoms with Crippen molar-refractivity contribution >= 4 is 22.6 Å². The van der Waals surface area contributed by atoms with E-state index in [2.05, 4.69) is 5.32 Å². The minimum Gasteiger partial charge on any atom is -0.497 e. The Morgan fingerprint density at radius 1 is 0.915 bits per heavy atom. The number of fused-ring (bicyclic) bond motifs is 1. The number of aromatic nitrogens is 2. The largest absolute Gasteiger partial charge is 0.497 e. The average molecular weight is 646 g/mol. The second kappa shape index (κ2) is 13.6. The number of benzene rings is 4. The van der Waals surface area contributed by atoms with Crippen LogP contribution in [-0.4, -0.2) is 46.5 Å². The summed E-state index contributed by atoms with van der Waals surface area (Å²) in [6.45, 7) is 5.51. The van der Waals surface area contributed by atoms with E-state index in [4.69, 9.17) is 19.7 Å². The highest BCUT2D eigenvalue weighted by molar-refractivity contribution is 5.94. The fraction of sp³-hybridized carbons (Fsp3) is 0.250. The SMILES string of the molecule is COc1ccc2cc(-c3cc(-c4cc(C(F)(F)F)ccc4OC(C)C)nn3[C@@H](C)c3ccc(C(=O)NCCC(=O)O)cc3)ccc2c1. The van der Waals surface area contributed by atoms with E-state index >= 15 is 0 Å². The summed E-state index contributed by atoms with van der Waals surface area (Å²) in [5, 5.41) is 18.2. The summed E-state index contributed by atoms with van der Waals surface area (Å²) in [6.07, 6.45) is -5.04. The number of aliphatic carboxylic acids is 1. The molecule has 0 saturated carbocycles. The van der Waals surface area contributed by atoms with Gasteiger partial charge in [-0.3, -0.25) is 14.3 Å². The molecule has 0 saturated heterocycles. The first kappa shape index (κ1) is 33.1. The number of amides is 1. The molecule has 0 aliphatic heterocycles. The van der Waals surface area contributed by atoms with Crippen LogP contribution in [0, 0.1) is 0 Å². The summed E-state index contributed by atoms with van der Waals surface area (Å²) in [5.74, 6) is -0.418. The first-order chi connectivity index (χ1) is 22.3. The van der Waals surface area contributed by atoms with Gasteiger partial charge in [0.25, 0.3) is 5.91 Å². The summed E-state index contributed by atoms with van der Waals surface area (Å²) < 4.78 is 54.6. The number of nitrogens with one attached hydrogen (secondary N) is 1. The molecule has 8 nitrogen and oxygen atoms in total. The van der Waals surface area contributed by atoms with E-state index in [1.807, 2.05) is 43.3 Å². The van der Waals surface area contributed by atoms with E-state index in [1.165, 1.54) is 6.07 Å². The summed E-state index contributed by atoms with van der Waals surface area (Å²) >= 11 is 0. The Morgan fingerprint density at radius 3 is 2.28 bits per heavy atom. The van der Waals surface area contributed by atoms with Crippen LogP contribution in [0.3, 0.4) is 0 Å². The van der Waals surface area contributed by atoms with Crippen molar-refractivity contribution in [3.63, 3.8) is 0 Å². The standard InChI is InChI=1S/C36H34F3N3O5/c1-21(2)47-33-14-12-28(36(37,38)39)19-30(33)31-20-32(27-10-9-26-18-29(46-4)13-11-25(26)17-27)42(41-31)22(3)23-5-7-24(8-6-23)35(45)40-16-15-34(43)44/h5-14,17-22H,15-16H2,1-4H3,(H,40,45)(H,43,44)/t22-/m0/s1. The zero-order valence-corrected chi connectivity index (χ0v) is 26.3. The van der Waals surface area contributed by atoms with Gasteiger partial charge < -0.3 is 19.9 Å². The van der Waals surface area contributed by atoms with E-state index in [-0.39, 0.29) is 30.4 Å². The molecule has 5 aromatic rings. The third-order valence-corrected chi connectivity index (χ3v) is 7.67. The molecular weight excluding hydrogens is 611 g/mol. The highest BCUT2D eigenvalue weighted by atomic mass is 19.4. The number of hydrogen-bond donors (Lipinski definition) is 2. The van der Waals surface area contributed by atoms with Crippen LogP contribution in [0.15, 0.2) is 84.9 Å². The normalized spacial score (nSPS) is 12.3. The summed E-state index contributed by atoms with van der Waals surface area (Å²) in [5.41, 5.74) is 2.30. The average Bonchev–Trinajstić information content (AvgIpc) is 3.48. The molecule has 0 aliphatic carbocycles. The zero-order valence-electron chi connectivity index (χ0n) is 26.3. The molecule has 1 atom stereocenters. The Bertz CT molecular complexity index is 1920. The van der Waals surface area contributed by atoms with E-state index in [0.29, 0.717) is 22.7 Å². The maximum atomic E-state index is 13.8. The number of ether oxygens (including phenoxy) is 2. The van der Waals surface area contributed by atoms with Crippen LogP contribution in [-0.2, 0) is 11.0 Å². The van der Waals surface area contributed by atoms with Crippen LogP contribution in [0.25, 0.3) is 33.3 Å². The molecule has 0 radical (unpaired) electrons. The molecule has 1 heterocycles. The molecule has 4 aromatic carbocycles. The van der Waals surface area contributed by atoms with Gasteiger partial charge in [-0.15, -0.1) is 0 Å².